The van der Waals surface area contributed by atoms with Crippen LogP contribution in [-0.2, 0) is 23.5 Å². The van der Waals surface area contributed by atoms with E-state index in [-0.39, 0.29) is 11.7 Å². The molecular formula is C27H25ClN4O2S2. The second-order valence-electron chi connectivity index (χ2n) is 9.49. The number of rotatable bonds is 5. The summed E-state index contributed by atoms with van der Waals surface area (Å²) in [5, 5.41) is 11.3. The van der Waals surface area contributed by atoms with Gasteiger partial charge < -0.3 is 4.74 Å². The minimum absolute atomic E-state index is 0.0494. The van der Waals surface area contributed by atoms with Crippen LogP contribution < -0.4 is 5.56 Å². The van der Waals surface area contributed by atoms with Gasteiger partial charge in [0.25, 0.3) is 5.56 Å². The van der Waals surface area contributed by atoms with Gasteiger partial charge in [0.05, 0.1) is 23.8 Å². The first-order valence-corrected chi connectivity index (χ1v) is 14.1. The molecule has 0 amide bonds. The molecule has 0 aliphatic carbocycles. The SMILES string of the molecule is Cc1cccc(-n2c(=O)c3c4c(sc3n3c(SCc5ccc(Cl)cc5)nnc23)CO[C@H](C(C)C)C4)c1. The maximum atomic E-state index is 14.1. The lowest BCUT2D eigenvalue weighted by Crippen LogP contribution is -2.28. The maximum absolute atomic E-state index is 14.1. The van der Waals surface area contributed by atoms with Crippen molar-refractivity contribution in [2.24, 2.45) is 5.92 Å². The fourth-order valence-electron chi connectivity index (χ4n) is 4.69. The molecule has 0 N–H and O–H groups in total. The van der Waals surface area contributed by atoms with Crippen molar-refractivity contribution < 1.29 is 4.74 Å². The molecule has 4 heterocycles. The molecule has 2 aromatic carbocycles. The number of aryl methyl sites for hydroxylation is 1. The van der Waals surface area contributed by atoms with Crippen LogP contribution in [0.2, 0.25) is 5.02 Å². The van der Waals surface area contributed by atoms with Gasteiger partial charge in [-0.25, -0.2) is 8.97 Å². The Morgan fingerprint density at radius 3 is 2.75 bits per heavy atom. The van der Waals surface area contributed by atoms with Crippen LogP contribution in [0.1, 0.15) is 35.4 Å². The van der Waals surface area contributed by atoms with Crippen LogP contribution in [0.4, 0.5) is 0 Å². The van der Waals surface area contributed by atoms with E-state index in [1.165, 1.54) is 0 Å². The van der Waals surface area contributed by atoms with Gasteiger partial charge >= 0.3 is 0 Å². The zero-order valence-corrected chi connectivity index (χ0v) is 22.6. The molecule has 0 spiro atoms. The van der Waals surface area contributed by atoms with Crippen LogP contribution in [0.5, 0.6) is 0 Å². The molecule has 0 bridgehead atoms. The Bertz CT molecular complexity index is 1650. The van der Waals surface area contributed by atoms with E-state index in [0.717, 1.165) is 49.0 Å². The van der Waals surface area contributed by atoms with E-state index in [4.69, 9.17) is 16.3 Å². The molecule has 0 radical (unpaired) electrons. The molecule has 5 aromatic rings. The zero-order chi connectivity index (χ0) is 25.0. The van der Waals surface area contributed by atoms with E-state index < -0.39 is 0 Å². The Balaban J connectivity index is 1.58. The second-order valence-corrected chi connectivity index (χ2v) is 12.0. The Hall–Kier alpha value is -2.65. The quantitative estimate of drug-likeness (QED) is 0.242. The number of hydrogen-bond donors (Lipinski definition) is 0. The van der Waals surface area contributed by atoms with E-state index >= 15 is 0 Å². The first-order chi connectivity index (χ1) is 17.4. The molecule has 1 atom stereocenters. The first kappa shape index (κ1) is 23.7. The summed E-state index contributed by atoms with van der Waals surface area (Å²) >= 11 is 9.28. The van der Waals surface area contributed by atoms with E-state index in [1.54, 1.807) is 27.7 Å². The highest BCUT2D eigenvalue weighted by Gasteiger charge is 2.30. The Morgan fingerprint density at radius 2 is 2.00 bits per heavy atom. The molecular weight excluding hydrogens is 512 g/mol. The molecule has 0 saturated heterocycles. The summed E-state index contributed by atoms with van der Waals surface area (Å²) in [6, 6.07) is 15.8. The van der Waals surface area contributed by atoms with Crippen molar-refractivity contribution in [3.63, 3.8) is 0 Å². The summed E-state index contributed by atoms with van der Waals surface area (Å²) in [5.74, 6) is 1.61. The fourth-order valence-corrected chi connectivity index (χ4v) is 7.00. The lowest BCUT2D eigenvalue weighted by atomic mass is 9.96. The number of benzene rings is 2. The Morgan fingerprint density at radius 1 is 1.19 bits per heavy atom. The van der Waals surface area contributed by atoms with Crippen molar-refractivity contribution in [3.05, 3.63) is 85.5 Å². The molecule has 6 rings (SSSR count). The van der Waals surface area contributed by atoms with Crippen molar-refractivity contribution in [2.45, 2.75) is 50.8 Å². The summed E-state index contributed by atoms with van der Waals surface area (Å²) < 4.78 is 9.91. The Kier molecular flexibility index (Phi) is 6.16. The van der Waals surface area contributed by atoms with Crippen molar-refractivity contribution in [1.29, 1.82) is 0 Å². The predicted octanol–water partition coefficient (Wildman–Crippen LogP) is 6.45. The number of hydrogen-bond acceptors (Lipinski definition) is 6. The minimum atomic E-state index is -0.0494. The van der Waals surface area contributed by atoms with E-state index in [0.29, 0.717) is 29.1 Å². The van der Waals surface area contributed by atoms with Gasteiger partial charge in [-0.15, -0.1) is 21.5 Å². The van der Waals surface area contributed by atoms with Gasteiger partial charge in [-0.3, -0.25) is 4.79 Å². The molecule has 3 aromatic heterocycles. The highest BCUT2D eigenvalue weighted by molar-refractivity contribution is 7.98. The lowest BCUT2D eigenvalue weighted by Gasteiger charge is -2.26. The number of nitrogens with zero attached hydrogens (tertiary/aromatic N) is 4. The zero-order valence-electron chi connectivity index (χ0n) is 20.2. The highest BCUT2D eigenvalue weighted by atomic mass is 35.5. The molecule has 1 aliphatic rings. The van der Waals surface area contributed by atoms with Gasteiger partial charge in [0, 0.05) is 22.1 Å². The van der Waals surface area contributed by atoms with Gasteiger partial charge in [0.1, 0.15) is 4.83 Å². The summed E-state index contributed by atoms with van der Waals surface area (Å²) in [4.78, 5) is 16.1. The van der Waals surface area contributed by atoms with Crippen molar-refractivity contribution >= 4 is 50.7 Å². The molecule has 1 aliphatic heterocycles. The van der Waals surface area contributed by atoms with Crippen LogP contribution >= 0.6 is 34.7 Å². The summed E-state index contributed by atoms with van der Waals surface area (Å²) in [7, 11) is 0. The van der Waals surface area contributed by atoms with E-state index in [1.807, 2.05) is 59.9 Å². The topological polar surface area (TPSA) is 61.4 Å². The number of thiophene rings is 1. The van der Waals surface area contributed by atoms with Crippen LogP contribution in [-0.4, -0.2) is 25.3 Å². The van der Waals surface area contributed by atoms with Gasteiger partial charge in [0.15, 0.2) is 5.16 Å². The van der Waals surface area contributed by atoms with Crippen molar-refractivity contribution in [1.82, 2.24) is 19.2 Å². The maximum Gasteiger partial charge on any atom is 0.268 e. The second kappa shape index (κ2) is 9.34. The monoisotopic (exact) mass is 536 g/mol. The molecule has 6 nitrogen and oxygen atoms in total. The smallest absolute Gasteiger partial charge is 0.268 e. The van der Waals surface area contributed by atoms with Crippen molar-refractivity contribution in [3.8, 4) is 5.69 Å². The third-order valence-corrected chi connectivity index (χ3v) is 9.07. The number of ether oxygens (including phenoxy) is 1. The number of thioether (sulfide) groups is 1. The molecule has 0 unspecified atom stereocenters. The third kappa shape index (κ3) is 4.06. The van der Waals surface area contributed by atoms with Crippen molar-refractivity contribution in [2.75, 3.05) is 0 Å². The molecule has 9 heteroatoms. The van der Waals surface area contributed by atoms with Crippen LogP contribution in [0.3, 0.4) is 0 Å². The van der Waals surface area contributed by atoms with Crippen LogP contribution in [0, 0.1) is 12.8 Å². The van der Waals surface area contributed by atoms with Gasteiger partial charge in [0.2, 0.25) is 5.78 Å². The molecule has 0 fully saturated rings. The van der Waals surface area contributed by atoms with Gasteiger partial charge in [-0.05, 0) is 53.8 Å². The van der Waals surface area contributed by atoms with E-state index in [2.05, 4.69) is 24.0 Å². The Labute approximate surface area is 221 Å². The number of aromatic nitrogens is 4. The minimum Gasteiger partial charge on any atom is -0.372 e. The fraction of sp³-hybridized carbons (Fsp3) is 0.296. The number of halogens is 1. The first-order valence-electron chi connectivity index (χ1n) is 11.9. The summed E-state index contributed by atoms with van der Waals surface area (Å²) in [5.41, 5.74) is 4.07. The molecule has 0 saturated carbocycles. The number of fused-ring (bicyclic) bond motifs is 5. The normalized spacial score (nSPS) is 15.8. The van der Waals surface area contributed by atoms with Gasteiger partial charge in [-0.1, -0.05) is 61.5 Å². The van der Waals surface area contributed by atoms with Crippen LogP contribution in [0.15, 0.2) is 58.5 Å². The summed E-state index contributed by atoms with van der Waals surface area (Å²) in [6.45, 7) is 6.88. The molecule has 36 heavy (non-hydrogen) atoms. The highest BCUT2D eigenvalue weighted by Crippen LogP contribution is 2.38. The lowest BCUT2D eigenvalue weighted by molar-refractivity contribution is 0.00200. The predicted molar refractivity (Wildman–Crippen MR) is 147 cm³/mol. The van der Waals surface area contributed by atoms with Gasteiger partial charge in [-0.2, -0.15) is 0 Å². The average molecular weight is 537 g/mol. The third-order valence-electron chi connectivity index (χ3n) is 6.63. The largest absolute Gasteiger partial charge is 0.372 e. The van der Waals surface area contributed by atoms with E-state index in [9.17, 15) is 4.79 Å². The van der Waals surface area contributed by atoms with Crippen LogP contribution in [0.25, 0.3) is 21.7 Å². The molecule has 184 valence electrons. The average Bonchev–Trinajstić information content (AvgIpc) is 3.45. The summed E-state index contributed by atoms with van der Waals surface area (Å²) in [6.07, 6.45) is 0.828. The standard InChI is InChI=1S/C27H25ClN4O2S2/c1-15(2)21-12-20-22(13-34-21)36-25-23(20)24(33)31(19-6-4-5-16(3)11-19)26-29-30-27(32(25)26)35-14-17-7-9-18(28)10-8-17/h4-11,15,21H,12-14H2,1-3H3/t21-/m0/s1.